The van der Waals surface area contributed by atoms with Crippen LogP contribution >= 0.6 is 0 Å². The third-order valence-corrected chi connectivity index (χ3v) is 2.70. The zero-order valence-electron chi connectivity index (χ0n) is 10.4. The van der Waals surface area contributed by atoms with Crippen LogP contribution in [0.15, 0.2) is 48.5 Å². The second-order valence-corrected chi connectivity index (χ2v) is 4.40. The first kappa shape index (κ1) is 12.6. The molecule has 0 bridgehead atoms. The molecule has 1 unspecified atom stereocenters. The van der Waals surface area contributed by atoms with E-state index < -0.39 is 0 Å². The van der Waals surface area contributed by atoms with E-state index in [1.54, 1.807) is 12.1 Å². The van der Waals surface area contributed by atoms with Crippen molar-refractivity contribution in [3.63, 3.8) is 0 Å². The van der Waals surface area contributed by atoms with Crippen LogP contribution in [0.1, 0.15) is 18.1 Å². The number of hydrogen-bond acceptors (Lipinski definition) is 1. The predicted octanol–water partition coefficient (Wildman–Crippen LogP) is 4.02. The molecule has 0 saturated heterocycles. The molecule has 0 aromatic heterocycles. The standard InChI is InChI=1S/C16H16FO/c1-12-3-9-16(10-4-12)18-13(2)11-14-5-7-15(17)8-6-14/h3-10,13H,1,11H2,2H3. The van der Waals surface area contributed by atoms with E-state index in [4.69, 9.17) is 4.74 Å². The van der Waals surface area contributed by atoms with Crippen molar-refractivity contribution < 1.29 is 9.13 Å². The van der Waals surface area contributed by atoms with Crippen LogP contribution in [0.5, 0.6) is 5.75 Å². The summed E-state index contributed by atoms with van der Waals surface area (Å²) in [7, 11) is 0. The average Bonchev–Trinajstić information content (AvgIpc) is 2.35. The highest BCUT2D eigenvalue weighted by Crippen LogP contribution is 2.15. The van der Waals surface area contributed by atoms with Gasteiger partial charge in [-0.05, 0) is 49.2 Å². The van der Waals surface area contributed by atoms with Crippen molar-refractivity contribution in [3.8, 4) is 5.75 Å². The molecule has 0 fully saturated rings. The summed E-state index contributed by atoms with van der Waals surface area (Å²) in [5.41, 5.74) is 2.03. The molecule has 1 atom stereocenters. The summed E-state index contributed by atoms with van der Waals surface area (Å²) >= 11 is 0. The van der Waals surface area contributed by atoms with Gasteiger partial charge in [-0.25, -0.2) is 4.39 Å². The molecule has 0 aliphatic heterocycles. The maximum absolute atomic E-state index is 12.8. The minimum Gasteiger partial charge on any atom is -0.490 e. The Morgan fingerprint density at radius 2 is 1.67 bits per heavy atom. The van der Waals surface area contributed by atoms with E-state index in [1.165, 1.54) is 12.1 Å². The molecule has 0 saturated carbocycles. The van der Waals surface area contributed by atoms with Crippen molar-refractivity contribution in [2.75, 3.05) is 0 Å². The topological polar surface area (TPSA) is 9.23 Å². The normalized spacial score (nSPS) is 12.2. The van der Waals surface area contributed by atoms with E-state index in [0.29, 0.717) is 0 Å². The molecule has 2 aromatic rings. The van der Waals surface area contributed by atoms with E-state index in [2.05, 4.69) is 6.92 Å². The first-order chi connectivity index (χ1) is 8.63. The maximum atomic E-state index is 12.8. The Kier molecular flexibility index (Phi) is 3.98. The molecule has 2 heteroatoms. The predicted molar refractivity (Wildman–Crippen MR) is 71.1 cm³/mol. The SMILES string of the molecule is [CH2]c1ccc(OC(C)Cc2ccc(F)cc2)cc1. The van der Waals surface area contributed by atoms with E-state index in [0.717, 1.165) is 23.3 Å². The van der Waals surface area contributed by atoms with Crippen molar-refractivity contribution in [3.05, 3.63) is 72.4 Å². The number of rotatable bonds is 4. The summed E-state index contributed by atoms with van der Waals surface area (Å²) in [6.45, 7) is 5.83. The van der Waals surface area contributed by atoms with Crippen molar-refractivity contribution in [1.82, 2.24) is 0 Å². The zero-order valence-corrected chi connectivity index (χ0v) is 10.4. The van der Waals surface area contributed by atoms with Crippen LogP contribution in [0.2, 0.25) is 0 Å². The first-order valence-corrected chi connectivity index (χ1v) is 5.96. The van der Waals surface area contributed by atoms with E-state index in [9.17, 15) is 4.39 Å². The van der Waals surface area contributed by atoms with Gasteiger partial charge >= 0.3 is 0 Å². The molecular weight excluding hydrogens is 227 g/mol. The molecular formula is C16H16FO. The fourth-order valence-corrected chi connectivity index (χ4v) is 1.79. The molecule has 0 aliphatic rings. The second kappa shape index (κ2) is 5.67. The van der Waals surface area contributed by atoms with Crippen LogP contribution in [-0.2, 0) is 6.42 Å². The Bertz CT molecular complexity index is 440. The minimum atomic E-state index is -0.210. The molecule has 2 rings (SSSR count). The van der Waals surface area contributed by atoms with Gasteiger partial charge in [-0.15, -0.1) is 0 Å². The highest BCUT2D eigenvalue weighted by atomic mass is 19.1. The molecule has 93 valence electrons. The van der Waals surface area contributed by atoms with Crippen LogP contribution in [0.3, 0.4) is 0 Å². The van der Waals surface area contributed by atoms with Gasteiger partial charge in [0.2, 0.25) is 0 Å². The third kappa shape index (κ3) is 3.59. The van der Waals surface area contributed by atoms with Gasteiger partial charge in [0.1, 0.15) is 11.6 Å². The molecule has 0 aliphatic carbocycles. The Hall–Kier alpha value is -1.83. The van der Waals surface area contributed by atoms with Crippen LogP contribution in [-0.4, -0.2) is 6.10 Å². The van der Waals surface area contributed by atoms with Crippen molar-refractivity contribution in [2.24, 2.45) is 0 Å². The maximum Gasteiger partial charge on any atom is 0.123 e. The van der Waals surface area contributed by atoms with Gasteiger partial charge in [-0.2, -0.15) is 0 Å². The average molecular weight is 243 g/mol. The lowest BCUT2D eigenvalue weighted by molar-refractivity contribution is 0.222. The Balaban J connectivity index is 1.94. The number of hydrogen-bond donors (Lipinski definition) is 0. The summed E-state index contributed by atoms with van der Waals surface area (Å²) < 4.78 is 18.6. The van der Waals surface area contributed by atoms with E-state index >= 15 is 0 Å². The highest BCUT2D eigenvalue weighted by Gasteiger charge is 2.05. The fourth-order valence-electron chi connectivity index (χ4n) is 1.79. The molecule has 1 nitrogen and oxygen atoms in total. The molecule has 0 N–H and O–H groups in total. The van der Waals surface area contributed by atoms with Gasteiger partial charge in [0, 0.05) is 6.42 Å². The van der Waals surface area contributed by atoms with Crippen molar-refractivity contribution >= 4 is 0 Å². The monoisotopic (exact) mass is 243 g/mol. The van der Waals surface area contributed by atoms with Crippen LogP contribution in [0, 0.1) is 12.7 Å². The summed E-state index contributed by atoms with van der Waals surface area (Å²) in [6, 6.07) is 14.2. The van der Waals surface area contributed by atoms with Gasteiger partial charge < -0.3 is 4.74 Å². The van der Waals surface area contributed by atoms with Crippen LogP contribution < -0.4 is 4.74 Å². The zero-order chi connectivity index (χ0) is 13.0. The van der Waals surface area contributed by atoms with Crippen molar-refractivity contribution in [1.29, 1.82) is 0 Å². The lowest BCUT2D eigenvalue weighted by atomic mass is 10.1. The number of ether oxygens (including phenoxy) is 1. The fraction of sp³-hybridized carbons (Fsp3) is 0.188. The number of benzene rings is 2. The first-order valence-electron chi connectivity index (χ1n) is 5.96. The summed E-state index contributed by atoms with van der Waals surface area (Å²) in [4.78, 5) is 0. The molecule has 18 heavy (non-hydrogen) atoms. The van der Waals surface area contributed by atoms with Crippen LogP contribution in [0.4, 0.5) is 4.39 Å². The Labute approximate surface area is 107 Å². The van der Waals surface area contributed by atoms with E-state index in [-0.39, 0.29) is 11.9 Å². The summed E-state index contributed by atoms with van der Waals surface area (Å²) in [6.07, 6.45) is 0.804. The molecule has 0 spiro atoms. The quantitative estimate of drug-likeness (QED) is 0.788. The van der Waals surface area contributed by atoms with Crippen LogP contribution in [0.25, 0.3) is 0 Å². The summed E-state index contributed by atoms with van der Waals surface area (Å²) in [5, 5.41) is 0. The Morgan fingerprint density at radius 3 is 2.28 bits per heavy atom. The molecule has 1 radical (unpaired) electrons. The highest BCUT2D eigenvalue weighted by molar-refractivity contribution is 5.29. The summed E-state index contributed by atoms with van der Waals surface area (Å²) in [5.74, 6) is 0.621. The lowest BCUT2D eigenvalue weighted by Gasteiger charge is -2.15. The van der Waals surface area contributed by atoms with Gasteiger partial charge in [0.05, 0.1) is 6.10 Å². The number of halogens is 1. The molecule has 2 aromatic carbocycles. The second-order valence-electron chi connectivity index (χ2n) is 4.40. The molecule has 0 heterocycles. The van der Waals surface area contributed by atoms with Gasteiger partial charge in [-0.3, -0.25) is 0 Å². The van der Waals surface area contributed by atoms with Crippen molar-refractivity contribution in [2.45, 2.75) is 19.4 Å². The molecule has 0 amide bonds. The third-order valence-electron chi connectivity index (χ3n) is 2.70. The van der Waals surface area contributed by atoms with Gasteiger partial charge in [-0.1, -0.05) is 24.3 Å². The lowest BCUT2D eigenvalue weighted by Crippen LogP contribution is -2.14. The Morgan fingerprint density at radius 1 is 1.06 bits per heavy atom. The van der Waals surface area contributed by atoms with E-state index in [1.807, 2.05) is 31.2 Å². The largest absolute Gasteiger partial charge is 0.490 e. The van der Waals surface area contributed by atoms with Gasteiger partial charge in [0.25, 0.3) is 0 Å². The minimum absolute atomic E-state index is 0.0473. The smallest absolute Gasteiger partial charge is 0.123 e. The van der Waals surface area contributed by atoms with Gasteiger partial charge in [0.15, 0.2) is 0 Å².